The number of aromatic nitrogens is 2. The molecule has 23 heavy (non-hydrogen) atoms. The summed E-state index contributed by atoms with van der Waals surface area (Å²) >= 11 is 0. The summed E-state index contributed by atoms with van der Waals surface area (Å²) in [5.74, 6) is 0.252. The van der Waals surface area contributed by atoms with Crippen molar-refractivity contribution in [2.24, 2.45) is 21.0 Å². The number of hydrogen-bond donors (Lipinski definition) is 2. The van der Waals surface area contributed by atoms with Gasteiger partial charge in [-0.25, -0.2) is 4.63 Å². The molecule has 1 aliphatic heterocycles. The van der Waals surface area contributed by atoms with Crippen LogP contribution in [0, 0.1) is 0 Å². The van der Waals surface area contributed by atoms with Gasteiger partial charge in [0.05, 0.1) is 5.69 Å². The highest BCUT2D eigenvalue weighted by molar-refractivity contribution is 6.72. The number of nitrogens with two attached hydrogens (primary N) is 1. The molecule has 2 heterocycles. The number of benzene rings is 2. The largest absolute Gasteiger partial charge is 0.380 e. The van der Waals surface area contributed by atoms with E-state index in [1.807, 2.05) is 36.4 Å². The van der Waals surface area contributed by atoms with Crippen molar-refractivity contribution < 1.29 is 4.63 Å². The van der Waals surface area contributed by atoms with Crippen molar-refractivity contribution in [3.8, 4) is 0 Å². The smallest absolute Gasteiger partial charge is 0.176 e. The van der Waals surface area contributed by atoms with Crippen molar-refractivity contribution in [2.45, 2.75) is 0 Å². The first kappa shape index (κ1) is 13.1. The van der Waals surface area contributed by atoms with E-state index in [1.54, 1.807) is 12.1 Å². The van der Waals surface area contributed by atoms with Crippen LogP contribution >= 0.6 is 0 Å². The molecule has 4 rings (SSSR count). The molecule has 8 heteroatoms. The molecule has 1 aromatic heterocycles. The summed E-state index contributed by atoms with van der Waals surface area (Å²) in [7, 11) is 0. The highest BCUT2D eigenvalue weighted by atomic mass is 16.6. The Kier molecular flexibility index (Phi) is 3.05. The van der Waals surface area contributed by atoms with Crippen molar-refractivity contribution >= 4 is 34.0 Å². The lowest BCUT2D eigenvalue weighted by Crippen LogP contribution is -2.28. The highest BCUT2D eigenvalue weighted by Crippen LogP contribution is 2.16. The fourth-order valence-electron chi connectivity index (χ4n) is 2.19. The average molecular weight is 305 g/mol. The molecule has 0 atom stereocenters. The van der Waals surface area contributed by atoms with Gasteiger partial charge in [-0.3, -0.25) is 5.43 Å². The Labute approximate surface area is 130 Å². The second kappa shape index (κ2) is 5.34. The molecule has 8 nitrogen and oxygen atoms in total. The van der Waals surface area contributed by atoms with E-state index in [-0.39, 0.29) is 5.84 Å². The average Bonchev–Trinajstić information content (AvgIpc) is 3.19. The number of para-hydroxylation sites is 1. The molecule has 1 aliphatic rings. The summed E-state index contributed by atoms with van der Waals surface area (Å²) in [4.78, 5) is 0. The fraction of sp³-hybridized carbons (Fsp3) is 0. The zero-order valence-corrected chi connectivity index (χ0v) is 11.8. The van der Waals surface area contributed by atoms with E-state index in [2.05, 4.69) is 31.0 Å². The van der Waals surface area contributed by atoms with Crippen LogP contribution in [0.3, 0.4) is 0 Å². The third-order valence-electron chi connectivity index (χ3n) is 3.32. The molecule has 0 unspecified atom stereocenters. The number of amidine groups is 1. The summed E-state index contributed by atoms with van der Waals surface area (Å²) in [6.07, 6.45) is 0. The third-order valence-corrected chi connectivity index (χ3v) is 3.32. The van der Waals surface area contributed by atoms with Crippen molar-refractivity contribution in [1.29, 1.82) is 0 Å². The first-order valence-electron chi connectivity index (χ1n) is 6.84. The second-order valence-electron chi connectivity index (χ2n) is 4.84. The minimum Gasteiger partial charge on any atom is -0.380 e. The predicted octanol–water partition coefficient (Wildman–Crippen LogP) is 1.77. The summed E-state index contributed by atoms with van der Waals surface area (Å²) in [5.41, 5.74) is 12.8. The minimum absolute atomic E-state index is 0.252. The number of rotatable bonds is 3. The number of hydrogen-bond acceptors (Lipinski definition) is 8. The number of hydrazone groups is 1. The molecule has 3 N–H and O–H groups in total. The monoisotopic (exact) mass is 305 g/mol. The molecule has 0 radical (unpaired) electrons. The van der Waals surface area contributed by atoms with Gasteiger partial charge in [0.25, 0.3) is 0 Å². The molecule has 0 saturated heterocycles. The van der Waals surface area contributed by atoms with Crippen molar-refractivity contribution in [1.82, 2.24) is 10.3 Å². The van der Waals surface area contributed by atoms with Crippen LogP contribution in [0.4, 0.5) is 5.69 Å². The van der Waals surface area contributed by atoms with E-state index >= 15 is 0 Å². The zero-order chi connectivity index (χ0) is 15.6. The van der Waals surface area contributed by atoms with Crippen molar-refractivity contribution in [3.63, 3.8) is 0 Å². The Morgan fingerprint density at radius 3 is 2.65 bits per heavy atom. The molecular formula is C15H11N7O. The van der Waals surface area contributed by atoms with Gasteiger partial charge in [0, 0.05) is 5.56 Å². The Morgan fingerprint density at radius 2 is 1.78 bits per heavy atom. The Balaban J connectivity index is 1.67. The molecule has 0 fully saturated rings. The van der Waals surface area contributed by atoms with Crippen LogP contribution in [0.2, 0.25) is 0 Å². The predicted molar refractivity (Wildman–Crippen MR) is 87.5 cm³/mol. The number of nitrogens with zero attached hydrogens (tertiary/aromatic N) is 5. The maximum absolute atomic E-state index is 5.88. The van der Waals surface area contributed by atoms with Crippen LogP contribution in [0.25, 0.3) is 11.0 Å². The lowest BCUT2D eigenvalue weighted by molar-refractivity contribution is 0.315. The number of anilines is 1. The van der Waals surface area contributed by atoms with E-state index in [0.717, 1.165) is 11.3 Å². The summed E-state index contributed by atoms with van der Waals surface area (Å²) in [6.45, 7) is 0. The molecular weight excluding hydrogens is 294 g/mol. The van der Waals surface area contributed by atoms with Crippen LogP contribution in [-0.2, 0) is 0 Å². The van der Waals surface area contributed by atoms with Crippen LogP contribution in [0.5, 0.6) is 0 Å². The van der Waals surface area contributed by atoms with Crippen LogP contribution in [-0.4, -0.2) is 27.6 Å². The van der Waals surface area contributed by atoms with E-state index in [1.165, 1.54) is 0 Å². The molecule has 0 amide bonds. The molecule has 0 aliphatic carbocycles. The molecule has 2 aromatic carbocycles. The minimum atomic E-state index is 0.252. The van der Waals surface area contributed by atoms with Gasteiger partial charge in [-0.05, 0) is 34.6 Å². The molecule has 0 saturated carbocycles. The number of fused-ring (bicyclic) bond motifs is 1. The standard InChI is InChI=1S/C15H11N7O/c16-15-14(19-17-10-4-2-1-3-5-10)13(18-20-15)9-6-7-11-12(8-9)22-23-21-11/h1-8,17H,(H2,16,19,20). The lowest BCUT2D eigenvalue weighted by Gasteiger charge is -2.05. The number of nitrogens with one attached hydrogen (secondary N) is 1. The zero-order valence-electron chi connectivity index (χ0n) is 11.8. The maximum Gasteiger partial charge on any atom is 0.176 e. The second-order valence-corrected chi connectivity index (χ2v) is 4.84. The molecule has 112 valence electrons. The summed E-state index contributed by atoms with van der Waals surface area (Å²) in [5, 5.41) is 19.9. The topological polar surface area (TPSA) is 114 Å². The normalized spacial score (nSPS) is 15.7. The van der Waals surface area contributed by atoms with E-state index in [9.17, 15) is 0 Å². The van der Waals surface area contributed by atoms with Crippen molar-refractivity contribution in [2.75, 3.05) is 5.43 Å². The lowest BCUT2D eigenvalue weighted by atomic mass is 10.1. The van der Waals surface area contributed by atoms with Gasteiger partial charge >= 0.3 is 0 Å². The van der Waals surface area contributed by atoms with Gasteiger partial charge in [0.15, 0.2) is 11.5 Å². The fourth-order valence-corrected chi connectivity index (χ4v) is 2.19. The molecule has 0 spiro atoms. The van der Waals surface area contributed by atoms with Gasteiger partial charge in [-0.2, -0.15) is 5.10 Å². The van der Waals surface area contributed by atoms with Gasteiger partial charge in [0.2, 0.25) is 0 Å². The first-order chi connectivity index (χ1) is 11.3. The van der Waals surface area contributed by atoms with E-state index in [0.29, 0.717) is 22.5 Å². The highest BCUT2D eigenvalue weighted by Gasteiger charge is 2.22. The Hall–Kier alpha value is -3.55. The first-order valence-corrected chi connectivity index (χ1v) is 6.84. The van der Waals surface area contributed by atoms with Gasteiger partial charge in [0.1, 0.15) is 16.7 Å². The van der Waals surface area contributed by atoms with Crippen LogP contribution in [0.15, 0.2) is 68.5 Å². The maximum atomic E-state index is 5.88. The van der Waals surface area contributed by atoms with Crippen molar-refractivity contribution in [3.05, 3.63) is 54.1 Å². The van der Waals surface area contributed by atoms with Gasteiger partial charge in [-0.15, -0.1) is 10.2 Å². The quantitative estimate of drug-likeness (QED) is 0.716. The molecule has 3 aromatic rings. The van der Waals surface area contributed by atoms with Crippen LogP contribution in [0.1, 0.15) is 5.56 Å². The Morgan fingerprint density at radius 1 is 0.957 bits per heavy atom. The Bertz CT molecular complexity index is 956. The van der Waals surface area contributed by atoms with E-state index in [4.69, 9.17) is 10.4 Å². The SMILES string of the molecule is NC1=NN=C(c2ccc3nonc3c2)C1=NNc1ccccc1. The third kappa shape index (κ3) is 2.42. The summed E-state index contributed by atoms with van der Waals surface area (Å²) < 4.78 is 4.70. The molecule has 0 bridgehead atoms. The van der Waals surface area contributed by atoms with Gasteiger partial charge in [-0.1, -0.05) is 24.3 Å². The van der Waals surface area contributed by atoms with Crippen LogP contribution < -0.4 is 11.2 Å². The summed E-state index contributed by atoms with van der Waals surface area (Å²) in [6, 6.07) is 15.0. The van der Waals surface area contributed by atoms with Gasteiger partial charge < -0.3 is 5.73 Å². The van der Waals surface area contributed by atoms with E-state index < -0.39 is 0 Å².